The molecule has 204 valence electrons. The van der Waals surface area contributed by atoms with Crippen LogP contribution in [0.4, 0.5) is 5.69 Å². The average Bonchev–Trinajstić information content (AvgIpc) is 3.50. The van der Waals surface area contributed by atoms with E-state index in [1.165, 1.54) is 22.3 Å². The first-order valence-electron chi connectivity index (χ1n) is 14.7. The molecule has 0 radical (unpaired) electrons. The van der Waals surface area contributed by atoms with Gasteiger partial charge in [-0.1, -0.05) is 122 Å². The molecule has 0 saturated heterocycles. The Morgan fingerprint density at radius 1 is 0.762 bits per heavy atom. The quantitative estimate of drug-likeness (QED) is 0.270. The zero-order chi connectivity index (χ0) is 28.0. The molecule has 0 fully saturated rings. The monoisotopic (exact) mass is 545 g/mol. The first kappa shape index (κ1) is 24.7. The van der Waals surface area contributed by atoms with Gasteiger partial charge in [-0.05, 0) is 46.4 Å². The van der Waals surface area contributed by atoms with Gasteiger partial charge in [0, 0.05) is 28.3 Å². The van der Waals surface area contributed by atoms with Crippen LogP contribution in [0.1, 0.15) is 47.0 Å². The van der Waals surface area contributed by atoms with Crippen LogP contribution in [0.15, 0.2) is 138 Å². The first-order valence-corrected chi connectivity index (χ1v) is 14.7. The minimum absolute atomic E-state index is 0.0769. The van der Waals surface area contributed by atoms with Crippen LogP contribution >= 0.6 is 0 Å². The van der Waals surface area contributed by atoms with Crippen molar-refractivity contribution >= 4 is 28.9 Å². The average molecular weight is 546 g/mol. The second kappa shape index (κ2) is 10.1. The summed E-state index contributed by atoms with van der Waals surface area (Å²) >= 11 is 0. The lowest BCUT2D eigenvalue weighted by molar-refractivity contribution is 0.259. The zero-order valence-electron chi connectivity index (χ0n) is 23.4. The molecular weight excluding hydrogens is 514 g/mol. The minimum atomic E-state index is -0.205. The summed E-state index contributed by atoms with van der Waals surface area (Å²) in [5.41, 5.74) is 10.3. The Morgan fingerprint density at radius 2 is 1.48 bits per heavy atom. The Morgan fingerprint density at radius 3 is 2.24 bits per heavy atom. The van der Waals surface area contributed by atoms with Crippen molar-refractivity contribution in [2.75, 3.05) is 5.32 Å². The topological polar surface area (TPSA) is 45.7 Å². The molecule has 0 saturated carbocycles. The van der Waals surface area contributed by atoms with E-state index >= 15 is 0 Å². The van der Waals surface area contributed by atoms with Crippen LogP contribution in [-0.4, -0.2) is 5.84 Å². The Kier molecular flexibility index (Phi) is 5.92. The van der Waals surface area contributed by atoms with E-state index in [2.05, 4.69) is 145 Å². The molecule has 2 aliphatic heterocycles. The highest BCUT2D eigenvalue weighted by atomic mass is 16.5. The van der Waals surface area contributed by atoms with Gasteiger partial charge in [0.15, 0.2) is 12.0 Å². The summed E-state index contributed by atoms with van der Waals surface area (Å²) in [5.74, 6) is 2.39. The van der Waals surface area contributed by atoms with E-state index < -0.39 is 0 Å². The van der Waals surface area contributed by atoms with Gasteiger partial charge in [-0.3, -0.25) is 4.99 Å². The molecule has 8 rings (SSSR count). The molecule has 2 heterocycles. The van der Waals surface area contributed by atoms with Crippen molar-refractivity contribution in [2.24, 2.45) is 16.8 Å². The molecule has 4 atom stereocenters. The predicted octanol–water partition coefficient (Wildman–Crippen LogP) is 8.58. The summed E-state index contributed by atoms with van der Waals surface area (Å²) in [4.78, 5) is 5.26. The molecule has 4 heteroatoms. The van der Waals surface area contributed by atoms with Crippen molar-refractivity contribution in [3.63, 3.8) is 0 Å². The molecule has 4 aromatic rings. The number of nitrogens with one attached hydrogen (secondary N) is 2. The van der Waals surface area contributed by atoms with E-state index in [9.17, 15) is 0 Å². The van der Waals surface area contributed by atoms with E-state index in [-0.39, 0.29) is 18.2 Å². The number of aliphatic imine (C=N–C) groups is 1. The van der Waals surface area contributed by atoms with E-state index in [1.807, 2.05) is 6.07 Å². The number of hydrogen-bond acceptors (Lipinski definition) is 4. The van der Waals surface area contributed by atoms with Crippen LogP contribution < -0.4 is 15.4 Å². The van der Waals surface area contributed by atoms with Gasteiger partial charge in [-0.25, -0.2) is 0 Å². The van der Waals surface area contributed by atoms with Crippen LogP contribution in [0.5, 0.6) is 5.75 Å². The van der Waals surface area contributed by atoms with Gasteiger partial charge in [-0.15, -0.1) is 0 Å². The van der Waals surface area contributed by atoms with Crippen molar-refractivity contribution in [3.8, 4) is 5.75 Å². The Hall–Kier alpha value is -5.09. The number of fused-ring (bicyclic) bond motifs is 5. The number of hydrogen-bond donors (Lipinski definition) is 2. The fourth-order valence-corrected chi connectivity index (χ4v) is 6.48. The standard InChI is InChI=1S/C38H31N3O/c1-24-21-29(37-39-33(25-11-5-2-6-12-25)23-34(40-37)26-13-7-3-8-14-26)22-31-30(24)19-17-27-18-20-32-36(35(27)31)42-38(41-32)28-15-9-4-10-16-28/h2-24,30,33,38,41H,1H3,(H,39,40). The van der Waals surface area contributed by atoms with Crippen molar-refractivity contribution in [3.05, 3.63) is 161 Å². The van der Waals surface area contributed by atoms with Crippen LogP contribution in [0, 0.1) is 11.8 Å². The normalized spacial score (nSPS) is 23.5. The van der Waals surface area contributed by atoms with Gasteiger partial charge in [0.05, 0.1) is 11.7 Å². The number of allylic oxidation sites excluding steroid dienone is 3. The van der Waals surface area contributed by atoms with Gasteiger partial charge in [0.25, 0.3) is 0 Å². The number of rotatable bonds is 4. The van der Waals surface area contributed by atoms with Gasteiger partial charge < -0.3 is 15.4 Å². The van der Waals surface area contributed by atoms with E-state index in [4.69, 9.17) is 9.73 Å². The molecule has 4 aliphatic rings. The summed E-state index contributed by atoms with van der Waals surface area (Å²) < 4.78 is 6.65. The highest BCUT2D eigenvalue weighted by Gasteiger charge is 2.35. The lowest BCUT2D eigenvalue weighted by Gasteiger charge is -2.33. The van der Waals surface area contributed by atoms with Gasteiger partial charge in [-0.2, -0.15) is 0 Å². The zero-order valence-corrected chi connectivity index (χ0v) is 23.4. The maximum atomic E-state index is 6.65. The van der Waals surface area contributed by atoms with Crippen molar-refractivity contribution in [2.45, 2.75) is 19.2 Å². The number of nitrogens with zero attached hydrogens (tertiary/aromatic N) is 1. The summed E-state index contributed by atoms with van der Waals surface area (Å²) in [6.45, 7) is 2.30. The number of amidine groups is 1. The molecule has 2 N–H and O–H groups in total. The number of ether oxygens (including phenoxy) is 1. The van der Waals surface area contributed by atoms with Crippen molar-refractivity contribution in [1.29, 1.82) is 0 Å². The lowest BCUT2D eigenvalue weighted by Crippen LogP contribution is -2.30. The molecule has 4 aromatic carbocycles. The van der Waals surface area contributed by atoms with Gasteiger partial charge in [0.2, 0.25) is 0 Å². The predicted molar refractivity (Wildman–Crippen MR) is 172 cm³/mol. The number of anilines is 1. The van der Waals surface area contributed by atoms with Gasteiger partial charge >= 0.3 is 0 Å². The van der Waals surface area contributed by atoms with Crippen molar-refractivity contribution < 1.29 is 4.74 Å². The van der Waals surface area contributed by atoms with Crippen molar-refractivity contribution in [1.82, 2.24) is 5.32 Å². The molecule has 4 unspecified atom stereocenters. The second-order valence-corrected chi connectivity index (χ2v) is 11.3. The molecular formula is C38H31N3O. The SMILES string of the molecule is CC1C=C(C2=NC(c3ccccc3)C=C(c3ccccc3)N2)C=C2c3c(ccc4c3OC(c3ccccc3)N4)C=CC21. The van der Waals surface area contributed by atoms with Crippen LogP contribution in [0.2, 0.25) is 0 Å². The third kappa shape index (κ3) is 4.27. The highest BCUT2D eigenvalue weighted by molar-refractivity contribution is 6.09. The minimum Gasteiger partial charge on any atom is -0.464 e. The van der Waals surface area contributed by atoms with Crippen LogP contribution in [0.3, 0.4) is 0 Å². The smallest absolute Gasteiger partial charge is 0.196 e. The summed E-state index contributed by atoms with van der Waals surface area (Å²) in [5, 5.41) is 7.30. The van der Waals surface area contributed by atoms with E-state index in [0.29, 0.717) is 5.92 Å². The number of benzene rings is 4. The third-order valence-corrected chi connectivity index (χ3v) is 8.61. The van der Waals surface area contributed by atoms with E-state index in [0.717, 1.165) is 39.7 Å². The summed E-state index contributed by atoms with van der Waals surface area (Å²) in [7, 11) is 0. The molecule has 0 amide bonds. The highest BCUT2D eigenvalue weighted by Crippen LogP contribution is 2.51. The summed E-state index contributed by atoms with van der Waals surface area (Å²) in [6, 6.07) is 35.7. The fraction of sp³-hybridized carbons (Fsp3) is 0.132. The Balaban J connectivity index is 1.20. The molecule has 42 heavy (non-hydrogen) atoms. The molecule has 0 bridgehead atoms. The Labute approximate surface area is 246 Å². The fourth-order valence-electron chi connectivity index (χ4n) is 6.48. The Bertz CT molecular complexity index is 1820. The largest absolute Gasteiger partial charge is 0.464 e. The van der Waals surface area contributed by atoms with Gasteiger partial charge in [0.1, 0.15) is 5.84 Å². The second-order valence-electron chi connectivity index (χ2n) is 11.3. The van der Waals surface area contributed by atoms with Crippen LogP contribution in [0.25, 0.3) is 17.3 Å². The lowest BCUT2D eigenvalue weighted by atomic mass is 9.73. The molecule has 4 nitrogen and oxygen atoms in total. The third-order valence-electron chi connectivity index (χ3n) is 8.61. The van der Waals surface area contributed by atoms with Crippen LogP contribution in [-0.2, 0) is 0 Å². The van der Waals surface area contributed by atoms with E-state index in [1.54, 1.807) is 0 Å². The molecule has 2 aliphatic carbocycles. The maximum absolute atomic E-state index is 6.65. The molecule has 0 spiro atoms. The summed E-state index contributed by atoms with van der Waals surface area (Å²) in [6.07, 6.45) is 11.3. The maximum Gasteiger partial charge on any atom is 0.196 e. The first-order chi connectivity index (χ1) is 20.7. The molecule has 0 aromatic heterocycles.